The molecule has 0 spiro atoms. The normalized spacial score (nSPS) is 15.5. The van der Waals surface area contributed by atoms with Crippen LogP contribution in [-0.2, 0) is 19.6 Å². The van der Waals surface area contributed by atoms with Gasteiger partial charge >= 0.3 is 5.97 Å². The predicted octanol–water partition coefficient (Wildman–Crippen LogP) is 5.08. The molecule has 0 N–H and O–H groups in total. The first-order valence-corrected chi connectivity index (χ1v) is 10.1. The van der Waals surface area contributed by atoms with Gasteiger partial charge in [-0.05, 0) is 52.8 Å². The summed E-state index contributed by atoms with van der Waals surface area (Å²) < 4.78 is 21.5. The minimum atomic E-state index is -0.367. The van der Waals surface area contributed by atoms with Crippen molar-refractivity contribution in [3.05, 3.63) is 64.7 Å². The maximum absolute atomic E-state index is 11.8. The van der Waals surface area contributed by atoms with E-state index in [1.54, 1.807) is 26.4 Å². The van der Waals surface area contributed by atoms with E-state index >= 15 is 0 Å². The van der Waals surface area contributed by atoms with Crippen molar-refractivity contribution in [2.75, 3.05) is 27.9 Å². The van der Waals surface area contributed by atoms with Crippen LogP contribution in [0.2, 0.25) is 0 Å². The zero-order chi connectivity index (χ0) is 21.7. The van der Waals surface area contributed by atoms with Crippen LogP contribution in [0.5, 0.6) is 5.75 Å². The molecule has 0 bridgehead atoms. The number of methoxy groups -OCH3 is 3. The first-order chi connectivity index (χ1) is 14.4. The van der Waals surface area contributed by atoms with E-state index in [9.17, 15) is 4.79 Å². The Bertz CT molecular complexity index is 908. The summed E-state index contributed by atoms with van der Waals surface area (Å²) in [5, 5.41) is 0. The topological polar surface area (TPSA) is 54.0 Å². The SMILES string of the molecule is COC(=O)c1ccc(C(=Cc2ccc3c(c2)C(C)(C)CCO3)CC(OC)OC)cc1. The Kier molecular flexibility index (Phi) is 6.95. The molecule has 2 aromatic carbocycles. The van der Waals surface area contributed by atoms with Gasteiger partial charge in [-0.3, -0.25) is 0 Å². The monoisotopic (exact) mass is 410 g/mol. The van der Waals surface area contributed by atoms with E-state index < -0.39 is 0 Å². The van der Waals surface area contributed by atoms with E-state index in [2.05, 4.69) is 32.1 Å². The van der Waals surface area contributed by atoms with Gasteiger partial charge in [-0.1, -0.05) is 38.1 Å². The van der Waals surface area contributed by atoms with E-state index in [-0.39, 0.29) is 17.7 Å². The zero-order valence-corrected chi connectivity index (χ0v) is 18.4. The molecule has 0 aromatic heterocycles. The van der Waals surface area contributed by atoms with Crippen molar-refractivity contribution >= 4 is 17.6 Å². The fourth-order valence-corrected chi connectivity index (χ4v) is 3.68. The summed E-state index contributed by atoms with van der Waals surface area (Å²) in [6, 6.07) is 13.7. The Labute approximate surface area is 178 Å². The highest BCUT2D eigenvalue weighted by molar-refractivity contribution is 5.90. The molecule has 0 amide bonds. The van der Waals surface area contributed by atoms with Crippen molar-refractivity contribution in [1.29, 1.82) is 0 Å². The summed E-state index contributed by atoms with van der Waals surface area (Å²) in [5.41, 5.74) is 4.94. The Morgan fingerprint density at radius 2 is 1.73 bits per heavy atom. The average molecular weight is 411 g/mol. The van der Waals surface area contributed by atoms with Crippen molar-refractivity contribution in [2.24, 2.45) is 0 Å². The molecular weight excluding hydrogens is 380 g/mol. The Balaban J connectivity index is 2.00. The van der Waals surface area contributed by atoms with Gasteiger partial charge in [-0.25, -0.2) is 4.79 Å². The van der Waals surface area contributed by atoms with Crippen LogP contribution in [0.3, 0.4) is 0 Å². The van der Waals surface area contributed by atoms with E-state index in [4.69, 9.17) is 18.9 Å². The minimum absolute atomic E-state index is 0.0708. The Morgan fingerprint density at radius 3 is 2.37 bits per heavy atom. The molecule has 160 valence electrons. The van der Waals surface area contributed by atoms with Gasteiger partial charge in [0.15, 0.2) is 6.29 Å². The number of fused-ring (bicyclic) bond motifs is 1. The largest absolute Gasteiger partial charge is 0.493 e. The smallest absolute Gasteiger partial charge is 0.337 e. The molecule has 0 saturated carbocycles. The number of ether oxygens (including phenoxy) is 4. The van der Waals surface area contributed by atoms with Crippen molar-refractivity contribution in [3.63, 3.8) is 0 Å². The molecule has 5 nitrogen and oxygen atoms in total. The van der Waals surface area contributed by atoms with E-state index in [0.717, 1.165) is 35.5 Å². The Morgan fingerprint density at radius 1 is 1.07 bits per heavy atom. The molecule has 1 heterocycles. The fourth-order valence-electron chi connectivity index (χ4n) is 3.68. The number of rotatable bonds is 7. The third-order valence-electron chi connectivity index (χ3n) is 5.65. The molecule has 2 aromatic rings. The van der Waals surface area contributed by atoms with Crippen molar-refractivity contribution in [1.82, 2.24) is 0 Å². The molecule has 3 rings (SSSR count). The van der Waals surface area contributed by atoms with Crippen LogP contribution in [0.1, 0.15) is 53.7 Å². The van der Waals surface area contributed by atoms with Crippen molar-refractivity contribution in [2.45, 2.75) is 38.4 Å². The van der Waals surface area contributed by atoms with Gasteiger partial charge in [0.25, 0.3) is 0 Å². The third kappa shape index (κ3) is 4.91. The first-order valence-electron chi connectivity index (χ1n) is 10.1. The highest BCUT2D eigenvalue weighted by atomic mass is 16.7. The molecule has 1 aliphatic rings. The van der Waals surface area contributed by atoms with Crippen LogP contribution >= 0.6 is 0 Å². The van der Waals surface area contributed by atoms with Crippen LogP contribution in [-0.4, -0.2) is 40.2 Å². The second-order valence-corrected chi connectivity index (χ2v) is 8.08. The van der Waals surface area contributed by atoms with Gasteiger partial charge in [0.1, 0.15) is 5.75 Å². The number of hydrogen-bond acceptors (Lipinski definition) is 5. The average Bonchev–Trinajstić information content (AvgIpc) is 2.76. The van der Waals surface area contributed by atoms with Crippen LogP contribution in [0.25, 0.3) is 11.6 Å². The minimum Gasteiger partial charge on any atom is -0.493 e. The van der Waals surface area contributed by atoms with Crippen LogP contribution in [0.4, 0.5) is 0 Å². The maximum Gasteiger partial charge on any atom is 0.337 e. The molecular formula is C25H30O5. The number of esters is 1. The summed E-state index contributed by atoms with van der Waals surface area (Å²) in [5.74, 6) is 0.606. The Hall–Kier alpha value is -2.63. The molecule has 0 unspecified atom stereocenters. The first kappa shape index (κ1) is 22.1. The second kappa shape index (κ2) is 9.45. The van der Waals surface area contributed by atoms with E-state index in [1.807, 2.05) is 18.2 Å². The van der Waals surface area contributed by atoms with Crippen LogP contribution < -0.4 is 4.74 Å². The predicted molar refractivity (Wildman–Crippen MR) is 118 cm³/mol. The summed E-state index contributed by atoms with van der Waals surface area (Å²) in [6.07, 6.45) is 3.34. The lowest BCUT2D eigenvalue weighted by atomic mass is 9.79. The number of carbonyl (C=O) groups excluding carboxylic acids is 1. The zero-order valence-electron chi connectivity index (χ0n) is 18.4. The maximum atomic E-state index is 11.8. The molecule has 0 aliphatic carbocycles. The van der Waals surface area contributed by atoms with Gasteiger partial charge < -0.3 is 18.9 Å². The lowest BCUT2D eigenvalue weighted by Crippen LogP contribution is -2.26. The second-order valence-electron chi connectivity index (χ2n) is 8.08. The summed E-state index contributed by atoms with van der Waals surface area (Å²) in [4.78, 5) is 11.8. The highest BCUT2D eigenvalue weighted by Crippen LogP contribution is 2.39. The quantitative estimate of drug-likeness (QED) is 0.362. The lowest BCUT2D eigenvalue weighted by Gasteiger charge is -2.32. The van der Waals surface area contributed by atoms with Crippen LogP contribution in [0.15, 0.2) is 42.5 Å². The van der Waals surface area contributed by atoms with Crippen molar-refractivity contribution in [3.8, 4) is 5.75 Å². The summed E-state index contributed by atoms with van der Waals surface area (Å²) in [6.45, 7) is 5.25. The summed E-state index contributed by atoms with van der Waals surface area (Å²) >= 11 is 0. The van der Waals surface area contributed by atoms with Gasteiger partial charge in [0, 0.05) is 26.2 Å². The standard InChI is InChI=1S/C25H30O5/c1-25(2)12-13-30-22-11-6-17(15-21(22)25)14-20(16-23(27-3)28-4)18-7-9-19(10-8-18)24(26)29-5/h6-11,14-15,23H,12-13,16H2,1-5H3. The molecule has 0 saturated heterocycles. The lowest BCUT2D eigenvalue weighted by molar-refractivity contribution is -0.0970. The highest BCUT2D eigenvalue weighted by Gasteiger charge is 2.28. The number of benzene rings is 2. The van der Waals surface area contributed by atoms with Gasteiger partial charge in [-0.15, -0.1) is 0 Å². The van der Waals surface area contributed by atoms with E-state index in [0.29, 0.717) is 12.0 Å². The molecule has 0 atom stereocenters. The van der Waals surface area contributed by atoms with Gasteiger partial charge in [0.05, 0.1) is 19.3 Å². The summed E-state index contributed by atoms with van der Waals surface area (Å²) in [7, 11) is 4.64. The van der Waals surface area contributed by atoms with E-state index in [1.165, 1.54) is 12.7 Å². The molecule has 0 radical (unpaired) electrons. The van der Waals surface area contributed by atoms with Crippen molar-refractivity contribution < 1.29 is 23.7 Å². The van der Waals surface area contributed by atoms with Gasteiger partial charge in [0.2, 0.25) is 0 Å². The van der Waals surface area contributed by atoms with Crippen LogP contribution in [0, 0.1) is 0 Å². The number of hydrogen-bond donors (Lipinski definition) is 0. The molecule has 1 aliphatic heterocycles. The third-order valence-corrected chi connectivity index (χ3v) is 5.65. The molecule has 5 heteroatoms. The molecule has 30 heavy (non-hydrogen) atoms. The fraction of sp³-hybridized carbons (Fsp3) is 0.400. The number of carbonyl (C=O) groups is 1. The molecule has 0 fully saturated rings. The van der Waals surface area contributed by atoms with Gasteiger partial charge in [-0.2, -0.15) is 0 Å².